The number of hydrogen-bond acceptors (Lipinski definition) is 5. The van der Waals surface area contributed by atoms with Crippen molar-refractivity contribution in [3.63, 3.8) is 0 Å². The van der Waals surface area contributed by atoms with Crippen molar-refractivity contribution in [3.8, 4) is 0 Å². The van der Waals surface area contributed by atoms with Crippen LogP contribution >= 0.6 is 0 Å². The summed E-state index contributed by atoms with van der Waals surface area (Å²) in [6, 6.07) is 12.7. The van der Waals surface area contributed by atoms with E-state index in [0.29, 0.717) is 0 Å². The number of aryl methyl sites for hydroxylation is 1. The fraction of sp³-hybridized carbons (Fsp3) is 0.375. The quantitative estimate of drug-likeness (QED) is 0.637. The van der Waals surface area contributed by atoms with Gasteiger partial charge in [0.15, 0.2) is 0 Å². The number of hydrogen-bond donors (Lipinski definition) is 1. The van der Waals surface area contributed by atoms with Crippen molar-refractivity contribution in [2.45, 2.75) is 57.6 Å². The van der Waals surface area contributed by atoms with Crippen LogP contribution in [0, 0.1) is 6.92 Å². The second kappa shape index (κ2) is 9.74. The molecule has 0 aromatic heterocycles. The van der Waals surface area contributed by atoms with Crippen molar-refractivity contribution in [2.75, 3.05) is 6.54 Å². The topological polar surface area (TPSA) is 104 Å². The van der Waals surface area contributed by atoms with E-state index in [9.17, 15) is 22.8 Å². The molecule has 0 spiro atoms. The monoisotopic (exact) mass is 471 g/mol. The Labute approximate surface area is 194 Å². The van der Waals surface area contributed by atoms with Gasteiger partial charge in [0.2, 0.25) is 11.8 Å². The van der Waals surface area contributed by atoms with E-state index in [4.69, 9.17) is 0 Å². The van der Waals surface area contributed by atoms with Crippen LogP contribution in [0.4, 0.5) is 0 Å². The smallest absolute Gasteiger partial charge is 0.269 e. The first kappa shape index (κ1) is 24.4. The van der Waals surface area contributed by atoms with Gasteiger partial charge in [-0.3, -0.25) is 14.4 Å². The number of carbonyl (C=O) groups excluding carboxylic acids is 3. The number of nitrogens with one attached hydrogen (secondary N) is 1. The van der Waals surface area contributed by atoms with Crippen LogP contribution in [0.2, 0.25) is 0 Å². The Balaban J connectivity index is 1.79. The Kier molecular flexibility index (Phi) is 7.22. The molecule has 3 amide bonds. The van der Waals surface area contributed by atoms with E-state index >= 15 is 0 Å². The van der Waals surface area contributed by atoms with E-state index in [0.717, 1.165) is 15.4 Å². The van der Waals surface area contributed by atoms with Gasteiger partial charge in [0.1, 0.15) is 10.9 Å². The van der Waals surface area contributed by atoms with Crippen LogP contribution in [0.1, 0.15) is 48.7 Å². The van der Waals surface area contributed by atoms with Gasteiger partial charge in [-0.05, 0) is 45.4 Å². The largest absolute Gasteiger partial charge is 0.352 e. The minimum absolute atomic E-state index is 0.0522. The Morgan fingerprint density at radius 1 is 1.03 bits per heavy atom. The summed E-state index contributed by atoms with van der Waals surface area (Å²) in [5.41, 5.74) is 2.01. The number of fused-ring (bicyclic) bond motifs is 1. The third kappa shape index (κ3) is 5.24. The van der Waals surface area contributed by atoms with Crippen LogP contribution in [0.3, 0.4) is 0 Å². The standard InChI is InChI=1S/C24H29N3O5S/c1-16(2)25-23(29)18(4)26(15-19-11-9-17(3)10-12-19)22(28)13-14-27-24(30)20-7-5-6-8-21(20)33(27,31)32/h5-12,16,18H,13-15H2,1-4H3,(H,25,29). The van der Waals surface area contributed by atoms with Crippen molar-refractivity contribution in [1.82, 2.24) is 14.5 Å². The van der Waals surface area contributed by atoms with Gasteiger partial charge < -0.3 is 10.2 Å². The highest BCUT2D eigenvalue weighted by Crippen LogP contribution is 2.30. The number of amides is 3. The van der Waals surface area contributed by atoms with Crippen molar-refractivity contribution in [3.05, 3.63) is 65.2 Å². The molecular weight excluding hydrogens is 442 g/mol. The average Bonchev–Trinajstić information content (AvgIpc) is 2.96. The van der Waals surface area contributed by atoms with Crippen LogP contribution < -0.4 is 5.32 Å². The van der Waals surface area contributed by atoms with Crippen LogP contribution in [-0.2, 0) is 26.2 Å². The Bertz CT molecular complexity index is 1160. The van der Waals surface area contributed by atoms with E-state index in [-0.39, 0.29) is 41.9 Å². The van der Waals surface area contributed by atoms with Crippen molar-refractivity contribution in [1.29, 1.82) is 0 Å². The summed E-state index contributed by atoms with van der Waals surface area (Å²) >= 11 is 0. The number of rotatable bonds is 8. The molecule has 0 radical (unpaired) electrons. The normalized spacial score (nSPS) is 15.3. The fourth-order valence-corrected chi connectivity index (χ4v) is 5.24. The maximum absolute atomic E-state index is 13.2. The first-order valence-electron chi connectivity index (χ1n) is 10.8. The molecule has 8 nitrogen and oxygen atoms in total. The Morgan fingerprint density at radius 3 is 2.27 bits per heavy atom. The third-order valence-electron chi connectivity index (χ3n) is 5.51. The molecule has 0 saturated carbocycles. The number of sulfonamides is 1. The molecule has 0 aliphatic carbocycles. The average molecular weight is 472 g/mol. The van der Waals surface area contributed by atoms with Crippen LogP contribution in [-0.4, -0.2) is 54.0 Å². The summed E-state index contributed by atoms with van der Waals surface area (Å²) < 4.78 is 26.3. The van der Waals surface area contributed by atoms with Crippen molar-refractivity contribution < 1.29 is 22.8 Å². The zero-order chi connectivity index (χ0) is 24.3. The lowest BCUT2D eigenvalue weighted by Crippen LogP contribution is -2.49. The lowest BCUT2D eigenvalue weighted by Gasteiger charge is -2.30. The van der Waals surface area contributed by atoms with Gasteiger partial charge >= 0.3 is 0 Å². The van der Waals surface area contributed by atoms with Gasteiger partial charge in [-0.1, -0.05) is 42.0 Å². The second-order valence-corrected chi connectivity index (χ2v) is 10.3. The number of nitrogens with zero attached hydrogens (tertiary/aromatic N) is 2. The van der Waals surface area contributed by atoms with Crippen molar-refractivity contribution >= 4 is 27.7 Å². The molecular formula is C24H29N3O5S. The molecule has 33 heavy (non-hydrogen) atoms. The number of benzene rings is 2. The van der Waals surface area contributed by atoms with Crippen LogP contribution in [0.5, 0.6) is 0 Å². The van der Waals surface area contributed by atoms with Gasteiger partial charge in [0.25, 0.3) is 15.9 Å². The highest BCUT2D eigenvalue weighted by atomic mass is 32.2. The maximum Gasteiger partial charge on any atom is 0.269 e. The highest BCUT2D eigenvalue weighted by molar-refractivity contribution is 7.90. The summed E-state index contributed by atoms with van der Waals surface area (Å²) in [6.07, 6.45) is -0.232. The molecule has 0 fully saturated rings. The molecule has 1 atom stereocenters. The first-order valence-corrected chi connectivity index (χ1v) is 12.3. The summed E-state index contributed by atoms with van der Waals surface area (Å²) in [7, 11) is -4.00. The zero-order valence-corrected chi connectivity index (χ0v) is 20.1. The van der Waals surface area contributed by atoms with E-state index in [2.05, 4.69) is 5.32 Å². The molecule has 1 heterocycles. The molecule has 1 unspecified atom stereocenters. The predicted octanol–water partition coefficient (Wildman–Crippen LogP) is 2.47. The summed E-state index contributed by atoms with van der Waals surface area (Å²) in [5.74, 6) is -1.36. The minimum atomic E-state index is -4.00. The number of carbonyl (C=O) groups is 3. The molecule has 0 bridgehead atoms. The molecule has 2 aromatic rings. The van der Waals surface area contributed by atoms with E-state index in [1.165, 1.54) is 17.0 Å². The van der Waals surface area contributed by atoms with Crippen molar-refractivity contribution in [2.24, 2.45) is 0 Å². The van der Waals surface area contributed by atoms with E-state index in [1.807, 2.05) is 45.0 Å². The fourth-order valence-electron chi connectivity index (χ4n) is 3.67. The van der Waals surface area contributed by atoms with Gasteiger partial charge in [-0.2, -0.15) is 0 Å². The summed E-state index contributed by atoms with van der Waals surface area (Å²) in [5, 5.41) is 2.81. The summed E-state index contributed by atoms with van der Waals surface area (Å²) in [6.45, 7) is 7.15. The Hall–Kier alpha value is -3.20. The second-order valence-electron chi connectivity index (χ2n) is 8.47. The van der Waals surface area contributed by atoms with Gasteiger partial charge in [-0.15, -0.1) is 0 Å². The SMILES string of the molecule is Cc1ccc(CN(C(=O)CCN2C(=O)c3ccccc3S2(=O)=O)C(C)C(=O)NC(C)C)cc1. The maximum atomic E-state index is 13.2. The molecule has 1 aliphatic rings. The Morgan fingerprint density at radius 2 is 1.67 bits per heavy atom. The molecule has 3 rings (SSSR count). The molecule has 2 aromatic carbocycles. The third-order valence-corrected chi connectivity index (χ3v) is 7.35. The van der Waals surface area contributed by atoms with Crippen LogP contribution in [0.15, 0.2) is 53.4 Å². The lowest BCUT2D eigenvalue weighted by atomic mass is 10.1. The zero-order valence-electron chi connectivity index (χ0n) is 19.2. The summed E-state index contributed by atoms with van der Waals surface area (Å²) in [4.78, 5) is 39.9. The lowest BCUT2D eigenvalue weighted by molar-refractivity contribution is -0.140. The minimum Gasteiger partial charge on any atom is -0.352 e. The van der Waals surface area contributed by atoms with E-state index in [1.54, 1.807) is 19.1 Å². The highest BCUT2D eigenvalue weighted by Gasteiger charge is 2.41. The first-order chi connectivity index (χ1) is 15.5. The molecule has 1 aliphatic heterocycles. The van der Waals surface area contributed by atoms with Gasteiger partial charge in [0.05, 0.1) is 5.56 Å². The molecule has 0 saturated heterocycles. The van der Waals surface area contributed by atoms with Gasteiger partial charge in [-0.25, -0.2) is 12.7 Å². The molecule has 1 N–H and O–H groups in total. The molecule has 176 valence electrons. The van der Waals surface area contributed by atoms with Crippen LogP contribution in [0.25, 0.3) is 0 Å². The molecule has 9 heteroatoms. The van der Waals surface area contributed by atoms with Gasteiger partial charge in [0, 0.05) is 25.6 Å². The van der Waals surface area contributed by atoms with E-state index < -0.39 is 27.9 Å². The predicted molar refractivity (Wildman–Crippen MR) is 124 cm³/mol.